The predicted octanol–water partition coefficient (Wildman–Crippen LogP) is 3.02. The van der Waals surface area contributed by atoms with Crippen LogP contribution in [0.1, 0.15) is 28.9 Å². The highest BCUT2D eigenvalue weighted by atomic mass is 32.1. The monoisotopic (exact) mass is 307 g/mol. The lowest BCUT2D eigenvalue weighted by Gasteiger charge is -2.11. The SMILES string of the molecule is O=C(N[C@@H]1CC[C@H](C(=O)O)C1)c1cc2cc(F)ccc2s1. The van der Waals surface area contributed by atoms with Crippen LogP contribution in [0.2, 0.25) is 0 Å². The number of amides is 1. The second-order valence-electron chi connectivity index (χ2n) is 5.31. The predicted molar refractivity (Wildman–Crippen MR) is 78.0 cm³/mol. The van der Waals surface area contributed by atoms with E-state index in [1.54, 1.807) is 12.1 Å². The molecule has 2 atom stereocenters. The lowest BCUT2D eigenvalue weighted by molar-refractivity contribution is -0.141. The summed E-state index contributed by atoms with van der Waals surface area (Å²) in [5, 5.41) is 12.5. The van der Waals surface area contributed by atoms with Crippen molar-refractivity contribution in [2.75, 3.05) is 0 Å². The summed E-state index contributed by atoms with van der Waals surface area (Å²) >= 11 is 1.31. The van der Waals surface area contributed by atoms with Crippen molar-refractivity contribution in [1.82, 2.24) is 5.32 Å². The molecule has 1 fully saturated rings. The topological polar surface area (TPSA) is 66.4 Å². The number of hydrogen-bond donors (Lipinski definition) is 2. The van der Waals surface area contributed by atoms with Gasteiger partial charge in [0.15, 0.2) is 0 Å². The van der Waals surface area contributed by atoms with E-state index in [0.29, 0.717) is 29.5 Å². The quantitative estimate of drug-likeness (QED) is 0.916. The number of rotatable bonds is 3. The van der Waals surface area contributed by atoms with Crippen LogP contribution in [-0.2, 0) is 4.79 Å². The number of nitrogens with one attached hydrogen (secondary N) is 1. The van der Waals surface area contributed by atoms with E-state index < -0.39 is 5.97 Å². The summed E-state index contributed by atoms with van der Waals surface area (Å²) < 4.78 is 14.0. The lowest BCUT2D eigenvalue weighted by Crippen LogP contribution is -2.32. The first-order valence-corrected chi connectivity index (χ1v) is 7.57. The average Bonchev–Trinajstić information content (AvgIpc) is 3.04. The van der Waals surface area contributed by atoms with Gasteiger partial charge in [0.05, 0.1) is 10.8 Å². The molecule has 1 heterocycles. The molecule has 0 saturated heterocycles. The molecule has 6 heteroatoms. The highest BCUT2D eigenvalue weighted by molar-refractivity contribution is 7.20. The maximum atomic E-state index is 13.1. The molecule has 0 unspecified atom stereocenters. The summed E-state index contributed by atoms with van der Waals surface area (Å²) in [4.78, 5) is 23.6. The molecule has 0 radical (unpaired) electrons. The number of thiophene rings is 1. The van der Waals surface area contributed by atoms with Gasteiger partial charge in [-0.15, -0.1) is 11.3 Å². The normalized spacial score (nSPS) is 21.6. The van der Waals surface area contributed by atoms with E-state index in [-0.39, 0.29) is 23.7 Å². The zero-order valence-corrected chi connectivity index (χ0v) is 12.0. The second kappa shape index (κ2) is 5.44. The summed E-state index contributed by atoms with van der Waals surface area (Å²) in [6.07, 6.45) is 1.75. The standard InChI is InChI=1S/C15H14FNO3S/c16-10-2-4-12-9(5-10)7-13(21-12)14(18)17-11-3-1-8(6-11)15(19)20/h2,4-5,7-8,11H,1,3,6H2,(H,17,18)(H,19,20)/t8-,11+/m0/s1. The Morgan fingerprint density at radius 3 is 2.81 bits per heavy atom. The van der Waals surface area contributed by atoms with Crippen molar-refractivity contribution < 1.29 is 19.1 Å². The van der Waals surface area contributed by atoms with E-state index in [4.69, 9.17) is 5.11 Å². The Morgan fingerprint density at radius 2 is 2.10 bits per heavy atom. The van der Waals surface area contributed by atoms with E-state index in [1.165, 1.54) is 23.5 Å². The van der Waals surface area contributed by atoms with Gasteiger partial charge in [-0.1, -0.05) is 0 Å². The molecule has 0 bridgehead atoms. The van der Waals surface area contributed by atoms with Crippen LogP contribution in [0.25, 0.3) is 10.1 Å². The Balaban J connectivity index is 1.71. The summed E-state index contributed by atoms with van der Waals surface area (Å²) in [5.41, 5.74) is 0. The number of carboxylic acid groups (broad SMARTS) is 1. The maximum Gasteiger partial charge on any atom is 0.306 e. The number of halogens is 1. The molecule has 2 aromatic rings. The Kier molecular flexibility index (Phi) is 3.63. The third-order valence-electron chi connectivity index (χ3n) is 3.82. The van der Waals surface area contributed by atoms with Gasteiger partial charge in [0.2, 0.25) is 0 Å². The number of carbonyl (C=O) groups is 2. The van der Waals surface area contributed by atoms with Crippen LogP contribution in [0.4, 0.5) is 4.39 Å². The van der Waals surface area contributed by atoms with Crippen molar-refractivity contribution in [3.05, 3.63) is 35.0 Å². The molecule has 1 aliphatic rings. The minimum absolute atomic E-state index is 0.0967. The van der Waals surface area contributed by atoms with Crippen molar-refractivity contribution in [2.45, 2.75) is 25.3 Å². The van der Waals surface area contributed by atoms with Crippen LogP contribution in [0.5, 0.6) is 0 Å². The van der Waals surface area contributed by atoms with Gasteiger partial charge >= 0.3 is 5.97 Å². The molecule has 1 aromatic carbocycles. The molecule has 1 saturated carbocycles. The van der Waals surface area contributed by atoms with Crippen molar-refractivity contribution in [2.24, 2.45) is 5.92 Å². The molecule has 1 aliphatic carbocycles. The molecule has 4 nitrogen and oxygen atoms in total. The Morgan fingerprint density at radius 1 is 1.29 bits per heavy atom. The van der Waals surface area contributed by atoms with Gasteiger partial charge in [-0.05, 0) is 48.9 Å². The summed E-state index contributed by atoms with van der Waals surface area (Å²) in [5.74, 6) is -1.71. The van der Waals surface area contributed by atoms with Crippen LogP contribution in [0.15, 0.2) is 24.3 Å². The molecular weight excluding hydrogens is 293 g/mol. The highest BCUT2D eigenvalue weighted by Crippen LogP contribution is 2.28. The fraction of sp³-hybridized carbons (Fsp3) is 0.333. The fourth-order valence-electron chi connectivity index (χ4n) is 2.72. The third-order valence-corrected chi connectivity index (χ3v) is 4.93. The van der Waals surface area contributed by atoms with E-state index in [2.05, 4.69) is 5.32 Å². The molecule has 110 valence electrons. The number of fused-ring (bicyclic) bond motifs is 1. The molecule has 0 spiro atoms. The van der Waals surface area contributed by atoms with E-state index in [9.17, 15) is 14.0 Å². The number of carboxylic acids is 1. The Bertz CT molecular complexity index is 712. The van der Waals surface area contributed by atoms with Crippen molar-refractivity contribution in [3.63, 3.8) is 0 Å². The highest BCUT2D eigenvalue weighted by Gasteiger charge is 2.30. The maximum absolute atomic E-state index is 13.1. The summed E-state index contributed by atoms with van der Waals surface area (Å²) in [6.45, 7) is 0. The van der Waals surface area contributed by atoms with Crippen LogP contribution < -0.4 is 5.32 Å². The molecule has 21 heavy (non-hydrogen) atoms. The average molecular weight is 307 g/mol. The first-order valence-electron chi connectivity index (χ1n) is 6.75. The fourth-order valence-corrected chi connectivity index (χ4v) is 3.67. The van der Waals surface area contributed by atoms with Gasteiger partial charge in [-0.25, -0.2) is 4.39 Å². The van der Waals surface area contributed by atoms with Crippen LogP contribution in [-0.4, -0.2) is 23.0 Å². The van der Waals surface area contributed by atoms with Gasteiger partial charge < -0.3 is 10.4 Å². The number of hydrogen-bond acceptors (Lipinski definition) is 3. The Hall–Kier alpha value is -1.95. The summed E-state index contributed by atoms with van der Waals surface area (Å²) in [7, 11) is 0. The van der Waals surface area contributed by atoms with E-state index in [1.807, 2.05) is 0 Å². The van der Waals surface area contributed by atoms with Crippen molar-refractivity contribution in [3.8, 4) is 0 Å². The zero-order chi connectivity index (χ0) is 15.0. The van der Waals surface area contributed by atoms with Gasteiger partial charge in [0, 0.05) is 10.7 Å². The van der Waals surface area contributed by atoms with Gasteiger partial charge in [0.1, 0.15) is 5.82 Å². The number of aliphatic carboxylic acids is 1. The molecule has 0 aliphatic heterocycles. The minimum atomic E-state index is -0.802. The van der Waals surface area contributed by atoms with E-state index in [0.717, 1.165) is 4.70 Å². The van der Waals surface area contributed by atoms with Gasteiger partial charge in [-0.2, -0.15) is 0 Å². The minimum Gasteiger partial charge on any atom is -0.481 e. The van der Waals surface area contributed by atoms with Crippen molar-refractivity contribution >= 4 is 33.3 Å². The zero-order valence-electron chi connectivity index (χ0n) is 11.1. The van der Waals surface area contributed by atoms with E-state index >= 15 is 0 Å². The van der Waals surface area contributed by atoms with Crippen LogP contribution >= 0.6 is 11.3 Å². The van der Waals surface area contributed by atoms with Crippen molar-refractivity contribution in [1.29, 1.82) is 0 Å². The first kappa shape index (κ1) is 14.0. The lowest BCUT2D eigenvalue weighted by atomic mass is 10.1. The molecule has 2 N–H and O–H groups in total. The van der Waals surface area contributed by atoms with Gasteiger partial charge in [0.25, 0.3) is 5.91 Å². The molecule has 1 aromatic heterocycles. The number of benzene rings is 1. The van der Waals surface area contributed by atoms with Gasteiger partial charge in [-0.3, -0.25) is 9.59 Å². The van der Waals surface area contributed by atoms with Crippen LogP contribution in [0.3, 0.4) is 0 Å². The molecule has 1 amide bonds. The molecular formula is C15H14FNO3S. The molecule has 3 rings (SSSR count). The Labute approximate surface area is 124 Å². The first-order chi connectivity index (χ1) is 10.0. The smallest absolute Gasteiger partial charge is 0.306 e. The third kappa shape index (κ3) is 2.90. The largest absolute Gasteiger partial charge is 0.481 e. The number of carbonyl (C=O) groups excluding carboxylic acids is 1. The van der Waals surface area contributed by atoms with Crippen LogP contribution in [0, 0.1) is 11.7 Å². The summed E-state index contributed by atoms with van der Waals surface area (Å²) in [6, 6.07) is 6.00. The second-order valence-corrected chi connectivity index (χ2v) is 6.40.